The van der Waals surface area contributed by atoms with Gasteiger partial charge in [-0.2, -0.15) is 5.26 Å². The first-order chi connectivity index (χ1) is 19.1. The van der Waals surface area contributed by atoms with E-state index in [1.807, 2.05) is 36.4 Å². The number of ether oxygens (including phenoxy) is 4. The zero-order valence-corrected chi connectivity index (χ0v) is 21.6. The molecule has 4 aromatic carbocycles. The van der Waals surface area contributed by atoms with Gasteiger partial charge >= 0.3 is 0 Å². The molecule has 1 aliphatic heterocycles. The SMILES string of the molecule is C=Cc1cc(C=O)c(OCc2cccc(C#N)c2)cc1OCc1cccc(-c2ccc3c(c2)OCCO3)c1C. The summed E-state index contributed by atoms with van der Waals surface area (Å²) in [4.78, 5) is 11.8. The molecule has 0 aromatic heterocycles. The van der Waals surface area contributed by atoms with Crippen molar-refractivity contribution in [3.63, 3.8) is 0 Å². The van der Waals surface area contributed by atoms with Gasteiger partial charge in [0.2, 0.25) is 0 Å². The molecule has 0 bridgehead atoms. The minimum absolute atomic E-state index is 0.208. The van der Waals surface area contributed by atoms with Gasteiger partial charge in [0.25, 0.3) is 0 Å². The molecule has 6 heteroatoms. The molecule has 6 nitrogen and oxygen atoms in total. The molecule has 0 aliphatic carbocycles. The van der Waals surface area contributed by atoms with Gasteiger partial charge in [0.1, 0.15) is 37.9 Å². The maximum Gasteiger partial charge on any atom is 0.161 e. The Morgan fingerprint density at radius 3 is 2.46 bits per heavy atom. The lowest BCUT2D eigenvalue weighted by Gasteiger charge is -2.20. The molecule has 0 fully saturated rings. The van der Waals surface area contributed by atoms with Crippen molar-refractivity contribution in [3.05, 3.63) is 113 Å². The van der Waals surface area contributed by atoms with Gasteiger partial charge in [0.05, 0.1) is 17.2 Å². The van der Waals surface area contributed by atoms with E-state index in [-0.39, 0.29) is 6.61 Å². The van der Waals surface area contributed by atoms with Crippen molar-refractivity contribution in [2.45, 2.75) is 20.1 Å². The standard InChI is InChI=1S/C33H27NO5/c1-3-25-15-28(19-35)32(38-20-24-7-4-6-23(14-24)18-34)17-31(25)39-21-27-8-5-9-29(22(27)2)26-10-11-30-33(16-26)37-13-12-36-30/h3-11,14-17,19H,1,12-13,20-21H2,2H3. The van der Waals surface area contributed by atoms with Crippen LogP contribution >= 0.6 is 0 Å². The van der Waals surface area contributed by atoms with Crippen LogP contribution in [0, 0.1) is 18.3 Å². The van der Waals surface area contributed by atoms with Gasteiger partial charge in [-0.1, -0.05) is 49.1 Å². The highest BCUT2D eigenvalue weighted by Gasteiger charge is 2.16. The second-order valence-electron chi connectivity index (χ2n) is 9.09. The average Bonchev–Trinajstić information content (AvgIpc) is 2.99. The number of aldehydes is 1. The average molecular weight is 518 g/mol. The van der Waals surface area contributed by atoms with Gasteiger partial charge in [-0.25, -0.2) is 0 Å². The zero-order valence-electron chi connectivity index (χ0n) is 21.6. The summed E-state index contributed by atoms with van der Waals surface area (Å²) in [6.45, 7) is 7.57. The lowest BCUT2D eigenvalue weighted by molar-refractivity contribution is 0.111. The Morgan fingerprint density at radius 1 is 0.897 bits per heavy atom. The summed E-state index contributed by atoms with van der Waals surface area (Å²) in [5.41, 5.74) is 6.69. The van der Waals surface area contributed by atoms with E-state index in [1.165, 1.54) is 0 Å². The third kappa shape index (κ3) is 5.63. The summed E-state index contributed by atoms with van der Waals surface area (Å²) in [7, 11) is 0. The molecular weight excluding hydrogens is 490 g/mol. The van der Waals surface area contributed by atoms with Crippen LogP contribution in [0.15, 0.2) is 79.4 Å². The van der Waals surface area contributed by atoms with E-state index in [0.29, 0.717) is 48.0 Å². The van der Waals surface area contributed by atoms with Crippen molar-refractivity contribution >= 4 is 12.4 Å². The van der Waals surface area contributed by atoms with Crippen LogP contribution in [-0.4, -0.2) is 19.5 Å². The summed E-state index contributed by atoms with van der Waals surface area (Å²) in [5, 5.41) is 9.15. The minimum atomic E-state index is 0.208. The second kappa shape index (κ2) is 11.6. The molecule has 0 spiro atoms. The highest BCUT2D eigenvalue weighted by molar-refractivity contribution is 5.82. The Hall–Kier alpha value is -5.02. The van der Waals surface area contributed by atoms with Gasteiger partial charge < -0.3 is 18.9 Å². The molecule has 39 heavy (non-hydrogen) atoms. The van der Waals surface area contributed by atoms with Crippen LogP contribution in [0.5, 0.6) is 23.0 Å². The van der Waals surface area contributed by atoms with Crippen molar-refractivity contribution in [2.24, 2.45) is 0 Å². The van der Waals surface area contributed by atoms with Gasteiger partial charge in [-0.3, -0.25) is 4.79 Å². The first kappa shape index (κ1) is 25.6. The monoisotopic (exact) mass is 517 g/mol. The normalized spacial score (nSPS) is 11.8. The largest absolute Gasteiger partial charge is 0.488 e. The lowest BCUT2D eigenvalue weighted by atomic mass is 9.96. The van der Waals surface area contributed by atoms with Crippen molar-refractivity contribution in [2.75, 3.05) is 13.2 Å². The number of nitriles is 1. The third-order valence-corrected chi connectivity index (χ3v) is 6.62. The van der Waals surface area contributed by atoms with Crippen molar-refractivity contribution < 1.29 is 23.7 Å². The first-order valence-electron chi connectivity index (χ1n) is 12.6. The zero-order chi connectivity index (χ0) is 27.2. The quantitative estimate of drug-likeness (QED) is 0.224. The predicted octanol–water partition coefficient (Wildman–Crippen LogP) is 6.92. The number of carbonyl (C=O) groups excluding carboxylic acids is 1. The van der Waals surface area contributed by atoms with E-state index >= 15 is 0 Å². The van der Waals surface area contributed by atoms with Crippen LogP contribution in [-0.2, 0) is 13.2 Å². The Labute approximate surface area is 227 Å². The number of nitrogens with zero attached hydrogens (tertiary/aromatic N) is 1. The highest BCUT2D eigenvalue weighted by atomic mass is 16.6. The summed E-state index contributed by atoms with van der Waals surface area (Å²) in [6.07, 6.45) is 2.40. The van der Waals surface area contributed by atoms with E-state index in [2.05, 4.69) is 25.6 Å². The third-order valence-electron chi connectivity index (χ3n) is 6.62. The Bertz CT molecular complexity index is 1580. The molecule has 0 N–H and O–H groups in total. The molecular formula is C33H27NO5. The number of benzene rings is 4. The maximum atomic E-state index is 11.8. The van der Waals surface area contributed by atoms with Crippen LogP contribution in [0.2, 0.25) is 0 Å². The first-order valence-corrected chi connectivity index (χ1v) is 12.6. The van der Waals surface area contributed by atoms with Crippen LogP contribution in [0.4, 0.5) is 0 Å². The molecule has 0 saturated heterocycles. The van der Waals surface area contributed by atoms with Crippen molar-refractivity contribution in [3.8, 4) is 40.2 Å². The molecule has 1 heterocycles. The smallest absolute Gasteiger partial charge is 0.161 e. The molecule has 0 radical (unpaired) electrons. The number of fused-ring (bicyclic) bond motifs is 1. The van der Waals surface area contributed by atoms with Crippen LogP contribution in [0.25, 0.3) is 17.2 Å². The van der Waals surface area contributed by atoms with Crippen LogP contribution < -0.4 is 18.9 Å². The van der Waals surface area contributed by atoms with E-state index in [0.717, 1.165) is 45.6 Å². The molecule has 5 rings (SSSR count). The molecule has 4 aromatic rings. The van der Waals surface area contributed by atoms with E-state index in [9.17, 15) is 4.79 Å². The molecule has 194 valence electrons. The fourth-order valence-electron chi connectivity index (χ4n) is 4.51. The molecule has 0 atom stereocenters. The number of carbonyl (C=O) groups is 1. The highest BCUT2D eigenvalue weighted by Crippen LogP contribution is 2.37. The topological polar surface area (TPSA) is 77.8 Å². The van der Waals surface area contributed by atoms with Crippen molar-refractivity contribution in [1.29, 1.82) is 5.26 Å². The Balaban J connectivity index is 1.37. The van der Waals surface area contributed by atoms with E-state index in [1.54, 1.807) is 36.4 Å². The molecule has 0 unspecified atom stereocenters. The van der Waals surface area contributed by atoms with Crippen LogP contribution in [0.3, 0.4) is 0 Å². The molecule has 0 amide bonds. The van der Waals surface area contributed by atoms with E-state index < -0.39 is 0 Å². The number of rotatable bonds is 9. The van der Waals surface area contributed by atoms with Gasteiger partial charge in [0.15, 0.2) is 17.8 Å². The Morgan fingerprint density at radius 2 is 1.67 bits per heavy atom. The Kier molecular flexibility index (Phi) is 7.60. The lowest BCUT2D eigenvalue weighted by Crippen LogP contribution is -2.15. The molecule has 1 aliphatic rings. The van der Waals surface area contributed by atoms with Gasteiger partial charge in [-0.05, 0) is 65.1 Å². The molecule has 0 saturated carbocycles. The number of hydrogen-bond donors (Lipinski definition) is 0. The van der Waals surface area contributed by atoms with E-state index in [4.69, 9.17) is 24.2 Å². The number of hydrogen-bond acceptors (Lipinski definition) is 6. The van der Waals surface area contributed by atoms with Crippen molar-refractivity contribution in [1.82, 2.24) is 0 Å². The predicted molar refractivity (Wildman–Crippen MR) is 149 cm³/mol. The fraction of sp³-hybridized carbons (Fsp3) is 0.152. The fourth-order valence-corrected chi connectivity index (χ4v) is 4.51. The summed E-state index contributed by atoms with van der Waals surface area (Å²) >= 11 is 0. The second-order valence-corrected chi connectivity index (χ2v) is 9.09. The minimum Gasteiger partial charge on any atom is -0.488 e. The summed E-state index contributed by atoms with van der Waals surface area (Å²) in [5.74, 6) is 2.46. The summed E-state index contributed by atoms with van der Waals surface area (Å²) < 4.78 is 23.6. The summed E-state index contributed by atoms with van der Waals surface area (Å²) in [6, 6.07) is 24.8. The van der Waals surface area contributed by atoms with Gasteiger partial charge in [0, 0.05) is 11.6 Å². The maximum absolute atomic E-state index is 11.8. The van der Waals surface area contributed by atoms with Crippen LogP contribution in [0.1, 0.15) is 38.2 Å². The van der Waals surface area contributed by atoms with Gasteiger partial charge in [-0.15, -0.1) is 0 Å².